The van der Waals surface area contributed by atoms with Crippen molar-refractivity contribution in [2.75, 3.05) is 6.54 Å². The number of nitrogens with one attached hydrogen (secondary N) is 1. The van der Waals surface area contributed by atoms with Crippen LogP contribution < -0.4 is 5.32 Å². The van der Waals surface area contributed by atoms with Crippen LogP contribution in [0.25, 0.3) is 0 Å². The second-order valence-corrected chi connectivity index (χ2v) is 7.87. The number of allylic oxidation sites excluding steroid dienone is 5. The van der Waals surface area contributed by atoms with Gasteiger partial charge in [0.2, 0.25) is 0 Å². The minimum atomic E-state index is -0.0398. The highest BCUT2D eigenvalue weighted by Gasteiger charge is 2.30. The maximum Gasteiger partial charge on any atom is 0.338 e. The number of rotatable bonds is 8. The van der Waals surface area contributed by atoms with Gasteiger partial charge in [-0.15, -0.1) is 0 Å². The van der Waals surface area contributed by atoms with E-state index in [0.29, 0.717) is 12.5 Å². The molecule has 164 valence electrons. The Labute approximate surface area is 179 Å². The van der Waals surface area contributed by atoms with Gasteiger partial charge in [0.1, 0.15) is 0 Å². The molecule has 2 rings (SSSR count). The van der Waals surface area contributed by atoms with E-state index >= 15 is 0 Å². The van der Waals surface area contributed by atoms with Gasteiger partial charge in [-0.25, -0.2) is 9.80 Å². The van der Waals surface area contributed by atoms with Crippen LogP contribution in [0, 0.1) is 5.92 Å². The molecule has 1 aliphatic carbocycles. The van der Waals surface area contributed by atoms with E-state index in [0.717, 1.165) is 38.5 Å². The highest BCUT2D eigenvalue weighted by molar-refractivity contribution is 5.91. The van der Waals surface area contributed by atoms with E-state index in [4.69, 9.17) is 5.10 Å². The molecular formula is C25H43N3O. The minimum absolute atomic E-state index is 0.0398. The molecule has 0 aromatic carbocycles. The number of hydrogen-bond acceptors (Lipinski definition) is 2. The van der Waals surface area contributed by atoms with Crippen molar-refractivity contribution in [1.29, 1.82) is 0 Å². The molecule has 0 spiro atoms. The topological polar surface area (TPSA) is 44.7 Å². The van der Waals surface area contributed by atoms with Crippen LogP contribution in [0.2, 0.25) is 0 Å². The van der Waals surface area contributed by atoms with Crippen LogP contribution in [0.4, 0.5) is 4.79 Å². The van der Waals surface area contributed by atoms with Gasteiger partial charge in [-0.05, 0) is 59.3 Å². The average Bonchev–Trinajstić information content (AvgIpc) is 3.14. The molecule has 0 aromatic heterocycles. The third-order valence-electron chi connectivity index (χ3n) is 5.78. The number of carbonyl (C=O) groups excluding carboxylic acids is 1. The van der Waals surface area contributed by atoms with E-state index in [9.17, 15) is 4.79 Å². The number of nitrogens with zero attached hydrogens (tertiary/aromatic N) is 2. The van der Waals surface area contributed by atoms with E-state index in [-0.39, 0.29) is 12.1 Å². The summed E-state index contributed by atoms with van der Waals surface area (Å²) in [6.07, 6.45) is 17.2. The number of urea groups is 1. The maximum absolute atomic E-state index is 12.8. The van der Waals surface area contributed by atoms with Crippen molar-refractivity contribution < 1.29 is 4.79 Å². The van der Waals surface area contributed by atoms with Crippen molar-refractivity contribution in [3.8, 4) is 0 Å². The van der Waals surface area contributed by atoms with Gasteiger partial charge < -0.3 is 5.32 Å². The Kier molecular flexibility index (Phi) is 12.3. The van der Waals surface area contributed by atoms with Crippen LogP contribution in [0.3, 0.4) is 0 Å². The summed E-state index contributed by atoms with van der Waals surface area (Å²) in [6, 6.07) is 0.126. The Morgan fingerprint density at radius 2 is 2.00 bits per heavy atom. The van der Waals surface area contributed by atoms with Gasteiger partial charge in [-0.1, -0.05) is 69.1 Å². The zero-order chi connectivity index (χ0) is 21.6. The zero-order valence-corrected chi connectivity index (χ0v) is 19.6. The molecule has 0 saturated carbocycles. The largest absolute Gasteiger partial charge is 0.338 e. The fourth-order valence-electron chi connectivity index (χ4n) is 3.86. The SMILES string of the molecule is C/C=C\C=C/CC1CN(C(=O)NC2CCCC(C)=C2C)N=C1CCCCC.CC. The normalized spacial score (nSPS) is 22.1. The molecule has 2 amide bonds. The molecule has 0 radical (unpaired) electrons. The third kappa shape index (κ3) is 8.20. The zero-order valence-electron chi connectivity index (χ0n) is 19.6. The van der Waals surface area contributed by atoms with E-state index in [1.165, 1.54) is 29.7 Å². The first kappa shape index (κ1) is 25.2. The lowest BCUT2D eigenvalue weighted by atomic mass is 9.89. The Hall–Kier alpha value is -1.84. The number of unbranched alkanes of at least 4 members (excludes halogenated alkanes) is 2. The van der Waals surface area contributed by atoms with Crippen LogP contribution in [0.1, 0.15) is 92.9 Å². The first-order valence-corrected chi connectivity index (χ1v) is 11.7. The van der Waals surface area contributed by atoms with Gasteiger partial charge in [0, 0.05) is 11.6 Å². The summed E-state index contributed by atoms with van der Waals surface area (Å²) in [7, 11) is 0. The number of carbonyl (C=O) groups is 1. The molecular weight excluding hydrogens is 358 g/mol. The Balaban J connectivity index is 0.00000204. The van der Waals surface area contributed by atoms with Crippen molar-refractivity contribution in [1.82, 2.24) is 10.3 Å². The minimum Gasteiger partial charge on any atom is -0.330 e. The fraction of sp³-hybridized carbons (Fsp3) is 0.680. The predicted molar refractivity (Wildman–Crippen MR) is 126 cm³/mol. The van der Waals surface area contributed by atoms with Crippen LogP contribution in [0.5, 0.6) is 0 Å². The molecule has 1 N–H and O–H groups in total. The van der Waals surface area contributed by atoms with Crippen LogP contribution in [-0.2, 0) is 0 Å². The summed E-state index contributed by atoms with van der Waals surface area (Å²) in [5.41, 5.74) is 3.94. The molecule has 0 fully saturated rings. The van der Waals surface area contributed by atoms with Gasteiger partial charge in [0.05, 0.1) is 12.6 Å². The van der Waals surface area contributed by atoms with Gasteiger partial charge in [0.25, 0.3) is 0 Å². The molecule has 4 nitrogen and oxygen atoms in total. The first-order chi connectivity index (χ1) is 14.1. The lowest BCUT2D eigenvalue weighted by Gasteiger charge is -2.27. The second-order valence-electron chi connectivity index (χ2n) is 7.87. The van der Waals surface area contributed by atoms with Crippen molar-refractivity contribution in [2.24, 2.45) is 11.0 Å². The van der Waals surface area contributed by atoms with Gasteiger partial charge >= 0.3 is 6.03 Å². The van der Waals surface area contributed by atoms with Gasteiger partial charge in [0.15, 0.2) is 0 Å². The van der Waals surface area contributed by atoms with Crippen molar-refractivity contribution >= 4 is 11.7 Å². The predicted octanol–water partition coefficient (Wildman–Crippen LogP) is 7.00. The van der Waals surface area contributed by atoms with E-state index in [1.54, 1.807) is 5.01 Å². The Bertz CT molecular complexity index is 616. The fourth-order valence-corrected chi connectivity index (χ4v) is 3.86. The summed E-state index contributed by atoms with van der Waals surface area (Å²) in [5, 5.41) is 9.61. The monoisotopic (exact) mass is 401 g/mol. The lowest BCUT2D eigenvalue weighted by molar-refractivity contribution is 0.198. The van der Waals surface area contributed by atoms with Gasteiger partial charge in [-0.3, -0.25) is 0 Å². The standard InChI is InChI=1S/C23H37N3O.C2H6/c1-5-7-9-11-14-20-17-26(25-22(20)15-10-8-6-2)23(27)24-21-16-12-13-18(3)19(21)4;1-2/h5,7,9,11,20-21H,6,8,10,12-17H2,1-4H3,(H,24,27);1-2H3/b7-5-,11-9-;. The number of hydrazone groups is 1. The molecule has 1 aliphatic heterocycles. The molecule has 4 heteroatoms. The quantitative estimate of drug-likeness (QED) is 0.265. The highest BCUT2D eigenvalue weighted by Crippen LogP contribution is 2.26. The average molecular weight is 402 g/mol. The Morgan fingerprint density at radius 1 is 1.24 bits per heavy atom. The van der Waals surface area contributed by atoms with Crippen molar-refractivity contribution in [3.05, 3.63) is 35.5 Å². The highest BCUT2D eigenvalue weighted by atomic mass is 16.2. The summed E-state index contributed by atoms with van der Waals surface area (Å²) >= 11 is 0. The maximum atomic E-state index is 12.8. The van der Waals surface area contributed by atoms with Crippen LogP contribution >= 0.6 is 0 Å². The molecule has 2 atom stereocenters. The molecule has 0 aromatic rings. The lowest BCUT2D eigenvalue weighted by Crippen LogP contribution is -2.43. The molecule has 2 aliphatic rings. The second kappa shape index (κ2) is 14.2. The van der Waals surface area contributed by atoms with Crippen LogP contribution in [-0.4, -0.2) is 29.3 Å². The summed E-state index contributed by atoms with van der Waals surface area (Å²) in [5.74, 6) is 0.346. The smallest absolute Gasteiger partial charge is 0.330 e. The summed E-state index contributed by atoms with van der Waals surface area (Å²) in [6.45, 7) is 13.3. The molecule has 0 bridgehead atoms. The first-order valence-electron chi connectivity index (χ1n) is 11.7. The molecule has 0 saturated heterocycles. The molecule has 1 heterocycles. The van der Waals surface area contributed by atoms with Crippen molar-refractivity contribution in [3.63, 3.8) is 0 Å². The summed E-state index contributed by atoms with van der Waals surface area (Å²) < 4.78 is 0. The van der Waals surface area contributed by atoms with Crippen molar-refractivity contribution in [2.45, 2.75) is 99.0 Å². The molecule has 2 unspecified atom stereocenters. The Morgan fingerprint density at radius 3 is 2.69 bits per heavy atom. The van der Waals surface area contributed by atoms with E-state index in [2.05, 4.69) is 38.2 Å². The van der Waals surface area contributed by atoms with E-state index < -0.39 is 0 Å². The third-order valence-corrected chi connectivity index (χ3v) is 5.78. The molecule has 29 heavy (non-hydrogen) atoms. The van der Waals surface area contributed by atoms with Gasteiger partial charge in [-0.2, -0.15) is 5.10 Å². The van der Waals surface area contributed by atoms with E-state index in [1.807, 2.05) is 32.9 Å². The number of hydrogen-bond donors (Lipinski definition) is 1. The number of amides is 2. The van der Waals surface area contributed by atoms with Crippen LogP contribution in [0.15, 0.2) is 40.6 Å². The summed E-state index contributed by atoms with van der Waals surface area (Å²) in [4.78, 5) is 12.8.